The summed E-state index contributed by atoms with van der Waals surface area (Å²) in [4.78, 5) is 13.9. The molecule has 1 aromatic carbocycles. The minimum absolute atomic E-state index is 0.116. The Bertz CT molecular complexity index is 499. The third-order valence-electron chi connectivity index (χ3n) is 3.52. The molecular formula is C15H19N3O. The summed E-state index contributed by atoms with van der Waals surface area (Å²) in [6.07, 6.45) is 3.41. The van der Waals surface area contributed by atoms with Gasteiger partial charge < -0.3 is 10.2 Å². The zero-order valence-electron chi connectivity index (χ0n) is 11.3. The zero-order valence-corrected chi connectivity index (χ0v) is 11.3. The summed E-state index contributed by atoms with van der Waals surface area (Å²) in [5, 5.41) is 12.2. The lowest BCUT2D eigenvalue weighted by Crippen LogP contribution is -2.39. The molecule has 1 aliphatic rings. The van der Waals surface area contributed by atoms with Gasteiger partial charge in [-0.3, -0.25) is 4.79 Å². The van der Waals surface area contributed by atoms with E-state index in [0.717, 1.165) is 37.2 Å². The Hall–Kier alpha value is -2.02. The zero-order chi connectivity index (χ0) is 13.7. The molecular weight excluding hydrogens is 238 g/mol. The summed E-state index contributed by atoms with van der Waals surface area (Å²) >= 11 is 0. The predicted molar refractivity (Wildman–Crippen MR) is 74.8 cm³/mol. The Labute approximate surface area is 114 Å². The standard InChI is InChI=1S/C15H19N3O/c1-12-6-5-7-14(13(12)10-16)17-11-15(19)18-8-3-2-4-9-18/h5-7,17H,2-4,8-9,11H2,1H3. The van der Waals surface area contributed by atoms with Gasteiger partial charge in [-0.1, -0.05) is 12.1 Å². The number of carbonyl (C=O) groups is 1. The van der Waals surface area contributed by atoms with Gasteiger partial charge in [-0.05, 0) is 37.8 Å². The maximum absolute atomic E-state index is 12.0. The molecule has 1 aliphatic heterocycles. The quantitative estimate of drug-likeness (QED) is 0.904. The number of aryl methyl sites for hydroxylation is 1. The highest BCUT2D eigenvalue weighted by atomic mass is 16.2. The van der Waals surface area contributed by atoms with Crippen LogP contribution < -0.4 is 5.32 Å². The number of amides is 1. The van der Waals surface area contributed by atoms with Crippen LogP contribution in [0.5, 0.6) is 0 Å². The summed E-state index contributed by atoms with van der Waals surface area (Å²) in [5.74, 6) is 0.116. The van der Waals surface area contributed by atoms with Gasteiger partial charge in [-0.2, -0.15) is 5.26 Å². The molecule has 0 bridgehead atoms. The van der Waals surface area contributed by atoms with Gasteiger partial charge in [-0.25, -0.2) is 0 Å². The highest BCUT2D eigenvalue weighted by Gasteiger charge is 2.16. The summed E-state index contributed by atoms with van der Waals surface area (Å²) in [7, 11) is 0. The van der Waals surface area contributed by atoms with Crippen LogP contribution in [0.15, 0.2) is 18.2 Å². The van der Waals surface area contributed by atoms with Crippen LogP contribution in [0, 0.1) is 18.3 Å². The van der Waals surface area contributed by atoms with Crippen molar-refractivity contribution in [1.29, 1.82) is 5.26 Å². The van der Waals surface area contributed by atoms with Crippen molar-refractivity contribution in [3.05, 3.63) is 29.3 Å². The van der Waals surface area contributed by atoms with E-state index in [4.69, 9.17) is 5.26 Å². The molecule has 1 heterocycles. The number of nitrogens with zero attached hydrogens (tertiary/aromatic N) is 2. The molecule has 1 N–H and O–H groups in total. The molecule has 4 nitrogen and oxygen atoms in total. The van der Waals surface area contributed by atoms with E-state index >= 15 is 0 Å². The molecule has 1 amide bonds. The lowest BCUT2D eigenvalue weighted by molar-refractivity contribution is -0.130. The maximum Gasteiger partial charge on any atom is 0.241 e. The van der Waals surface area contributed by atoms with Crippen molar-refractivity contribution in [1.82, 2.24) is 4.90 Å². The number of benzene rings is 1. The molecule has 4 heteroatoms. The van der Waals surface area contributed by atoms with Crippen LogP contribution in [0.25, 0.3) is 0 Å². The first kappa shape index (κ1) is 13.4. The third-order valence-corrected chi connectivity index (χ3v) is 3.52. The van der Waals surface area contributed by atoms with Crippen LogP contribution in [-0.4, -0.2) is 30.4 Å². The summed E-state index contributed by atoms with van der Waals surface area (Å²) < 4.78 is 0. The van der Waals surface area contributed by atoms with E-state index in [1.165, 1.54) is 6.42 Å². The van der Waals surface area contributed by atoms with E-state index in [-0.39, 0.29) is 12.5 Å². The molecule has 0 spiro atoms. The molecule has 1 aromatic rings. The number of nitriles is 1. The van der Waals surface area contributed by atoms with Gasteiger partial charge >= 0.3 is 0 Å². The average molecular weight is 257 g/mol. The van der Waals surface area contributed by atoms with Crippen molar-refractivity contribution < 1.29 is 4.79 Å². The van der Waals surface area contributed by atoms with Crippen molar-refractivity contribution in [2.75, 3.05) is 25.0 Å². The topological polar surface area (TPSA) is 56.1 Å². The summed E-state index contributed by atoms with van der Waals surface area (Å²) in [6.45, 7) is 3.88. The lowest BCUT2D eigenvalue weighted by Gasteiger charge is -2.27. The minimum atomic E-state index is 0.116. The fourth-order valence-electron chi connectivity index (χ4n) is 2.39. The van der Waals surface area contributed by atoms with E-state index in [1.807, 2.05) is 30.0 Å². The van der Waals surface area contributed by atoms with Gasteiger partial charge in [-0.15, -0.1) is 0 Å². The Morgan fingerprint density at radius 1 is 1.37 bits per heavy atom. The highest BCUT2D eigenvalue weighted by Crippen LogP contribution is 2.18. The Morgan fingerprint density at radius 2 is 2.11 bits per heavy atom. The van der Waals surface area contributed by atoms with Crippen LogP contribution in [-0.2, 0) is 4.79 Å². The molecule has 0 aliphatic carbocycles. The Balaban J connectivity index is 1.97. The minimum Gasteiger partial charge on any atom is -0.375 e. The second-order valence-corrected chi connectivity index (χ2v) is 4.90. The van der Waals surface area contributed by atoms with Crippen LogP contribution in [0.1, 0.15) is 30.4 Å². The summed E-state index contributed by atoms with van der Waals surface area (Å²) in [6, 6.07) is 7.81. The van der Waals surface area contributed by atoms with Gasteiger partial charge in [0.05, 0.1) is 17.8 Å². The molecule has 0 unspecified atom stereocenters. The van der Waals surface area contributed by atoms with Crippen molar-refractivity contribution in [3.63, 3.8) is 0 Å². The molecule has 1 saturated heterocycles. The first-order chi connectivity index (χ1) is 9.22. The van der Waals surface area contributed by atoms with Crippen LogP contribution in [0.4, 0.5) is 5.69 Å². The number of piperidine rings is 1. The molecule has 0 atom stereocenters. The van der Waals surface area contributed by atoms with E-state index in [1.54, 1.807) is 0 Å². The number of likely N-dealkylation sites (tertiary alicyclic amines) is 1. The van der Waals surface area contributed by atoms with Gasteiger partial charge in [0.25, 0.3) is 0 Å². The smallest absolute Gasteiger partial charge is 0.241 e. The monoisotopic (exact) mass is 257 g/mol. The second-order valence-electron chi connectivity index (χ2n) is 4.90. The van der Waals surface area contributed by atoms with Crippen molar-refractivity contribution in [3.8, 4) is 6.07 Å². The Morgan fingerprint density at radius 3 is 2.79 bits per heavy atom. The van der Waals surface area contributed by atoms with Crippen molar-refractivity contribution in [2.45, 2.75) is 26.2 Å². The third kappa shape index (κ3) is 3.25. The molecule has 0 aromatic heterocycles. The van der Waals surface area contributed by atoms with Crippen LogP contribution in [0.2, 0.25) is 0 Å². The molecule has 0 radical (unpaired) electrons. The first-order valence-corrected chi connectivity index (χ1v) is 6.73. The van der Waals surface area contributed by atoms with E-state index < -0.39 is 0 Å². The van der Waals surface area contributed by atoms with Crippen molar-refractivity contribution >= 4 is 11.6 Å². The number of rotatable bonds is 3. The van der Waals surface area contributed by atoms with Crippen molar-refractivity contribution in [2.24, 2.45) is 0 Å². The van der Waals surface area contributed by atoms with E-state index in [2.05, 4.69) is 11.4 Å². The van der Waals surface area contributed by atoms with Gasteiger partial charge in [0.1, 0.15) is 6.07 Å². The number of hydrogen-bond donors (Lipinski definition) is 1. The predicted octanol–water partition coefficient (Wildman–Crippen LogP) is 2.29. The number of hydrogen-bond acceptors (Lipinski definition) is 3. The highest BCUT2D eigenvalue weighted by molar-refractivity contribution is 5.81. The average Bonchev–Trinajstić information content (AvgIpc) is 2.45. The summed E-state index contributed by atoms with van der Waals surface area (Å²) in [5.41, 5.74) is 2.29. The van der Waals surface area contributed by atoms with Gasteiger partial charge in [0, 0.05) is 13.1 Å². The van der Waals surface area contributed by atoms with Crippen LogP contribution >= 0.6 is 0 Å². The first-order valence-electron chi connectivity index (χ1n) is 6.73. The Kier molecular flexibility index (Phi) is 4.40. The maximum atomic E-state index is 12.0. The van der Waals surface area contributed by atoms with E-state index in [9.17, 15) is 4.79 Å². The largest absolute Gasteiger partial charge is 0.375 e. The number of nitrogens with one attached hydrogen (secondary N) is 1. The van der Waals surface area contributed by atoms with Crippen LogP contribution in [0.3, 0.4) is 0 Å². The number of anilines is 1. The fraction of sp³-hybridized carbons (Fsp3) is 0.467. The molecule has 0 saturated carbocycles. The van der Waals surface area contributed by atoms with Gasteiger partial charge in [0.15, 0.2) is 0 Å². The molecule has 19 heavy (non-hydrogen) atoms. The molecule has 100 valence electrons. The van der Waals surface area contributed by atoms with Gasteiger partial charge in [0.2, 0.25) is 5.91 Å². The normalized spacial score (nSPS) is 14.8. The van der Waals surface area contributed by atoms with E-state index in [0.29, 0.717) is 5.56 Å². The molecule has 1 fully saturated rings. The SMILES string of the molecule is Cc1cccc(NCC(=O)N2CCCCC2)c1C#N. The molecule has 2 rings (SSSR count). The fourth-order valence-corrected chi connectivity index (χ4v) is 2.39. The number of carbonyl (C=O) groups excluding carboxylic acids is 1. The lowest BCUT2D eigenvalue weighted by atomic mass is 10.1. The second kappa shape index (κ2) is 6.24.